The highest BCUT2D eigenvalue weighted by Crippen LogP contribution is 2.28. The van der Waals surface area contributed by atoms with Gasteiger partial charge in [-0.1, -0.05) is 6.92 Å². The number of hydrogen-bond acceptors (Lipinski definition) is 7. The second-order valence-electron chi connectivity index (χ2n) is 5.22. The van der Waals surface area contributed by atoms with Crippen LogP contribution in [-0.2, 0) is 16.4 Å². The van der Waals surface area contributed by atoms with E-state index in [-0.39, 0.29) is 5.75 Å². The number of sulfonamides is 1. The Balaban J connectivity index is 2.24. The van der Waals surface area contributed by atoms with Crippen LogP contribution in [-0.4, -0.2) is 26.4 Å². The number of nitro groups is 1. The van der Waals surface area contributed by atoms with Gasteiger partial charge in [0.05, 0.1) is 16.9 Å². The van der Waals surface area contributed by atoms with Crippen LogP contribution in [0.3, 0.4) is 0 Å². The molecule has 1 aromatic carbocycles. The van der Waals surface area contributed by atoms with Crippen molar-refractivity contribution in [3.63, 3.8) is 0 Å². The molecule has 9 nitrogen and oxygen atoms in total. The first-order valence-electron chi connectivity index (χ1n) is 7.43. The van der Waals surface area contributed by atoms with Crippen molar-refractivity contribution in [2.75, 3.05) is 7.11 Å². The van der Waals surface area contributed by atoms with Crippen LogP contribution in [0.5, 0.6) is 5.75 Å². The van der Waals surface area contributed by atoms with Gasteiger partial charge in [-0.25, -0.2) is 8.42 Å². The molecule has 140 valence electrons. The summed E-state index contributed by atoms with van der Waals surface area (Å²) in [5.41, 5.74) is 2.64. The first-order chi connectivity index (χ1) is 12.2. The van der Waals surface area contributed by atoms with Gasteiger partial charge < -0.3 is 4.74 Å². The summed E-state index contributed by atoms with van der Waals surface area (Å²) < 4.78 is 29.8. The van der Waals surface area contributed by atoms with E-state index < -0.39 is 31.4 Å². The number of carbonyl (C=O) groups excluding carboxylic acids is 1. The molecule has 2 N–H and O–H groups in total. The molecule has 0 aliphatic rings. The molecule has 1 amide bonds. The van der Waals surface area contributed by atoms with E-state index in [9.17, 15) is 23.3 Å². The van der Waals surface area contributed by atoms with E-state index in [0.29, 0.717) is 4.88 Å². The average molecular weight is 399 g/mol. The number of aryl methyl sites for hydroxylation is 2. The maximum Gasteiger partial charge on any atom is 0.276 e. The van der Waals surface area contributed by atoms with Crippen LogP contribution >= 0.6 is 11.3 Å². The van der Waals surface area contributed by atoms with E-state index in [4.69, 9.17) is 4.74 Å². The smallest absolute Gasteiger partial charge is 0.276 e. The molecule has 0 unspecified atom stereocenters. The van der Waals surface area contributed by atoms with Crippen molar-refractivity contribution in [3.05, 3.63) is 49.7 Å². The van der Waals surface area contributed by atoms with E-state index in [0.717, 1.165) is 29.0 Å². The minimum atomic E-state index is -4.28. The number of ether oxygens (including phenoxy) is 1. The van der Waals surface area contributed by atoms with Gasteiger partial charge in [0.15, 0.2) is 0 Å². The normalized spacial score (nSPS) is 11.2. The highest BCUT2D eigenvalue weighted by Gasteiger charge is 2.24. The molecular weight excluding hydrogens is 382 g/mol. The summed E-state index contributed by atoms with van der Waals surface area (Å²) in [6.45, 7) is 3.82. The van der Waals surface area contributed by atoms with Crippen LogP contribution < -0.4 is 15.0 Å². The van der Waals surface area contributed by atoms with Crippen LogP contribution in [0.2, 0.25) is 0 Å². The summed E-state index contributed by atoms with van der Waals surface area (Å²) in [4.78, 5) is 25.2. The highest BCUT2D eigenvalue weighted by atomic mass is 32.2. The van der Waals surface area contributed by atoms with Crippen molar-refractivity contribution in [3.8, 4) is 5.75 Å². The Bertz CT molecular complexity index is 952. The Morgan fingerprint density at radius 1 is 1.35 bits per heavy atom. The minimum absolute atomic E-state index is 0.0856. The zero-order chi connectivity index (χ0) is 19.5. The molecule has 2 aromatic rings. The number of amides is 1. The molecule has 26 heavy (non-hydrogen) atoms. The van der Waals surface area contributed by atoms with Crippen molar-refractivity contribution < 1.29 is 22.9 Å². The number of non-ortho nitro benzene ring substituents is 1. The number of methoxy groups -OCH3 is 1. The molecule has 0 bridgehead atoms. The summed E-state index contributed by atoms with van der Waals surface area (Å²) in [5, 5.41) is 10.9. The summed E-state index contributed by atoms with van der Waals surface area (Å²) >= 11 is 1.27. The number of nitrogens with zero attached hydrogens (tertiary/aromatic N) is 1. The van der Waals surface area contributed by atoms with Crippen molar-refractivity contribution in [1.29, 1.82) is 0 Å². The molecular formula is C15H17N3O6S2. The Labute approximate surface area is 154 Å². The van der Waals surface area contributed by atoms with Crippen molar-refractivity contribution in [2.45, 2.75) is 25.2 Å². The van der Waals surface area contributed by atoms with Crippen LogP contribution in [0.4, 0.5) is 5.69 Å². The SMILES string of the molecule is CCc1sc(C(=O)NNS(=O)(=O)c2cc([N+](=O)[O-])ccc2OC)cc1C. The fourth-order valence-corrected chi connectivity index (χ4v) is 4.24. The maximum atomic E-state index is 12.4. The summed E-state index contributed by atoms with van der Waals surface area (Å²) in [7, 11) is -3.04. The minimum Gasteiger partial charge on any atom is -0.495 e. The Morgan fingerprint density at radius 2 is 2.04 bits per heavy atom. The first-order valence-corrected chi connectivity index (χ1v) is 9.73. The van der Waals surface area contributed by atoms with Gasteiger partial charge in [-0.3, -0.25) is 20.3 Å². The number of hydrogen-bond donors (Lipinski definition) is 2. The lowest BCUT2D eigenvalue weighted by molar-refractivity contribution is -0.385. The summed E-state index contributed by atoms with van der Waals surface area (Å²) in [6.07, 6.45) is 0.764. The highest BCUT2D eigenvalue weighted by molar-refractivity contribution is 7.89. The number of rotatable bonds is 7. The average Bonchev–Trinajstić information content (AvgIpc) is 3.00. The number of nitro benzene ring substituents is 1. The van der Waals surface area contributed by atoms with E-state index in [1.165, 1.54) is 24.5 Å². The monoisotopic (exact) mass is 399 g/mol. The van der Waals surface area contributed by atoms with Crippen molar-refractivity contribution in [2.24, 2.45) is 0 Å². The van der Waals surface area contributed by atoms with Gasteiger partial charge in [0.25, 0.3) is 21.6 Å². The molecule has 2 rings (SSSR count). The van der Waals surface area contributed by atoms with E-state index >= 15 is 0 Å². The first kappa shape index (κ1) is 19.8. The maximum absolute atomic E-state index is 12.4. The van der Waals surface area contributed by atoms with Gasteiger partial charge in [0, 0.05) is 17.0 Å². The predicted octanol–water partition coefficient (Wildman–Crippen LogP) is 2.16. The molecule has 0 radical (unpaired) electrons. The van der Waals surface area contributed by atoms with Gasteiger partial charge in [-0.15, -0.1) is 16.2 Å². The number of carbonyl (C=O) groups is 1. The molecule has 1 heterocycles. The van der Waals surface area contributed by atoms with E-state index in [1.54, 1.807) is 6.07 Å². The predicted molar refractivity (Wildman–Crippen MR) is 95.9 cm³/mol. The summed E-state index contributed by atoms with van der Waals surface area (Å²) in [5.74, 6) is -0.705. The summed E-state index contributed by atoms with van der Waals surface area (Å²) in [6, 6.07) is 4.82. The molecule has 0 aliphatic heterocycles. The van der Waals surface area contributed by atoms with Crippen LogP contribution in [0.15, 0.2) is 29.2 Å². The second kappa shape index (κ2) is 7.81. The van der Waals surface area contributed by atoms with Gasteiger partial charge in [-0.05, 0) is 31.0 Å². The zero-order valence-electron chi connectivity index (χ0n) is 14.2. The number of nitrogens with one attached hydrogen (secondary N) is 2. The topological polar surface area (TPSA) is 128 Å². The Kier molecular flexibility index (Phi) is 5.95. The number of benzene rings is 1. The molecule has 0 fully saturated rings. The fourth-order valence-electron chi connectivity index (χ4n) is 2.20. The lowest BCUT2D eigenvalue weighted by atomic mass is 10.2. The fraction of sp³-hybridized carbons (Fsp3) is 0.267. The van der Waals surface area contributed by atoms with Crippen LogP contribution in [0.1, 0.15) is 27.0 Å². The molecule has 0 atom stereocenters. The number of thiophene rings is 1. The van der Waals surface area contributed by atoms with Crippen molar-refractivity contribution in [1.82, 2.24) is 10.3 Å². The molecule has 11 heteroatoms. The van der Waals surface area contributed by atoms with Gasteiger partial charge in [0.2, 0.25) is 0 Å². The molecule has 1 aromatic heterocycles. The Hall–Kier alpha value is -2.50. The van der Waals surface area contributed by atoms with Gasteiger partial charge in [0.1, 0.15) is 10.6 Å². The Morgan fingerprint density at radius 3 is 2.58 bits per heavy atom. The third-order valence-electron chi connectivity index (χ3n) is 3.51. The van der Waals surface area contributed by atoms with Crippen LogP contribution in [0, 0.1) is 17.0 Å². The van der Waals surface area contributed by atoms with Crippen molar-refractivity contribution >= 4 is 33.0 Å². The quantitative estimate of drug-likeness (QED) is 0.542. The number of hydrazine groups is 1. The largest absolute Gasteiger partial charge is 0.495 e. The molecule has 0 saturated heterocycles. The zero-order valence-corrected chi connectivity index (χ0v) is 15.9. The standard InChI is InChI=1S/C15H17N3O6S2/c1-4-12-9(2)7-13(25-12)15(19)16-17-26(22,23)14-8-10(18(20)21)5-6-11(14)24-3/h5-8,17H,4H2,1-3H3,(H,16,19). The van der Waals surface area contributed by atoms with Gasteiger partial charge >= 0.3 is 0 Å². The molecule has 0 spiro atoms. The second-order valence-corrected chi connectivity index (χ2v) is 8.01. The lowest BCUT2D eigenvalue weighted by Gasteiger charge is -2.11. The van der Waals surface area contributed by atoms with E-state index in [1.807, 2.05) is 18.7 Å². The third kappa shape index (κ3) is 4.18. The molecule has 0 saturated carbocycles. The van der Waals surface area contributed by atoms with Gasteiger partial charge in [-0.2, -0.15) is 0 Å². The molecule has 0 aliphatic carbocycles. The third-order valence-corrected chi connectivity index (χ3v) is 6.16. The van der Waals surface area contributed by atoms with E-state index in [2.05, 4.69) is 5.43 Å². The van der Waals surface area contributed by atoms with Crippen LogP contribution in [0.25, 0.3) is 0 Å². The lowest BCUT2D eigenvalue weighted by Crippen LogP contribution is -2.41.